The molecular weight excluding hydrogens is 322 g/mol. The Kier molecular flexibility index (Phi) is 4.32. The predicted octanol–water partition coefficient (Wildman–Crippen LogP) is 5.76. The van der Waals surface area contributed by atoms with Gasteiger partial charge in [0.25, 0.3) is 0 Å². The molecule has 0 aliphatic heterocycles. The fraction of sp³-hybridized carbons (Fsp3) is 0.136. The third-order valence-corrected chi connectivity index (χ3v) is 4.10. The van der Waals surface area contributed by atoms with Gasteiger partial charge in [-0.3, -0.25) is 0 Å². The smallest absolute Gasteiger partial charge is 0.139 e. The number of anilines is 2. The standard InChI is InChI=1S/C22H21N3O/c1-15(2)26-18-10-6-9-17(13-18)24-22-19-14-21(16-7-4-3-5-8-16)25-20(19)11-12-23-22/h3-15,25H,1-2H3,(H,23,24). The molecule has 26 heavy (non-hydrogen) atoms. The van der Waals surface area contributed by atoms with Crippen molar-refractivity contribution in [3.63, 3.8) is 0 Å². The normalized spacial score (nSPS) is 11.0. The molecule has 0 aliphatic rings. The van der Waals surface area contributed by atoms with Crippen LogP contribution in [0.15, 0.2) is 72.9 Å². The molecule has 0 spiro atoms. The van der Waals surface area contributed by atoms with E-state index >= 15 is 0 Å². The molecule has 0 saturated carbocycles. The van der Waals surface area contributed by atoms with Crippen molar-refractivity contribution in [3.8, 4) is 17.0 Å². The number of nitrogens with one attached hydrogen (secondary N) is 2. The number of rotatable bonds is 5. The molecule has 4 rings (SSSR count). The molecule has 2 N–H and O–H groups in total. The summed E-state index contributed by atoms with van der Waals surface area (Å²) in [7, 11) is 0. The maximum absolute atomic E-state index is 5.78. The van der Waals surface area contributed by atoms with Crippen LogP contribution in [0.3, 0.4) is 0 Å². The summed E-state index contributed by atoms with van der Waals surface area (Å²) in [5.41, 5.74) is 4.23. The van der Waals surface area contributed by atoms with Gasteiger partial charge in [-0.2, -0.15) is 0 Å². The second-order valence-corrected chi connectivity index (χ2v) is 6.49. The number of nitrogens with zero attached hydrogens (tertiary/aromatic N) is 1. The highest BCUT2D eigenvalue weighted by atomic mass is 16.5. The second kappa shape index (κ2) is 6.92. The van der Waals surface area contributed by atoms with Crippen molar-refractivity contribution in [2.45, 2.75) is 20.0 Å². The van der Waals surface area contributed by atoms with Gasteiger partial charge in [0.2, 0.25) is 0 Å². The van der Waals surface area contributed by atoms with E-state index in [1.54, 1.807) is 0 Å². The van der Waals surface area contributed by atoms with Crippen molar-refractivity contribution in [2.24, 2.45) is 0 Å². The molecule has 0 unspecified atom stereocenters. The van der Waals surface area contributed by atoms with E-state index < -0.39 is 0 Å². The van der Waals surface area contributed by atoms with E-state index in [0.29, 0.717) is 0 Å². The van der Waals surface area contributed by atoms with E-state index in [1.807, 2.05) is 68.6 Å². The van der Waals surface area contributed by atoms with Crippen molar-refractivity contribution in [1.82, 2.24) is 9.97 Å². The summed E-state index contributed by atoms with van der Waals surface area (Å²) < 4.78 is 5.78. The summed E-state index contributed by atoms with van der Waals surface area (Å²) in [4.78, 5) is 8.00. The maximum Gasteiger partial charge on any atom is 0.139 e. The number of aromatic nitrogens is 2. The Morgan fingerprint density at radius 3 is 2.62 bits per heavy atom. The first kappa shape index (κ1) is 16.2. The molecule has 130 valence electrons. The van der Waals surface area contributed by atoms with Crippen molar-refractivity contribution >= 4 is 22.4 Å². The van der Waals surface area contributed by atoms with Crippen molar-refractivity contribution < 1.29 is 4.74 Å². The number of hydrogen-bond acceptors (Lipinski definition) is 3. The largest absolute Gasteiger partial charge is 0.491 e. The molecule has 4 aromatic rings. The van der Waals surface area contributed by atoms with Crippen molar-refractivity contribution in [3.05, 3.63) is 72.9 Å². The number of benzene rings is 2. The SMILES string of the molecule is CC(C)Oc1cccc(Nc2nccc3[nH]c(-c4ccccc4)cc23)c1. The topological polar surface area (TPSA) is 49.9 Å². The molecule has 2 aromatic heterocycles. The van der Waals surface area contributed by atoms with Crippen LogP contribution in [0.1, 0.15) is 13.8 Å². The fourth-order valence-electron chi connectivity index (χ4n) is 2.98. The first-order chi connectivity index (χ1) is 12.7. The molecule has 0 fully saturated rings. The zero-order valence-corrected chi connectivity index (χ0v) is 14.9. The van der Waals surface area contributed by atoms with Crippen LogP contribution < -0.4 is 10.1 Å². The highest BCUT2D eigenvalue weighted by Crippen LogP contribution is 2.30. The zero-order chi connectivity index (χ0) is 17.9. The van der Waals surface area contributed by atoms with E-state index in [1.165, 1.54) is 0 Å². The molecule has 4 nitrogen and oxygen atoms in total. The van der Waals surface area contributed by atoms with Crippen LogP contribution in [-0.4, -0.2) is 16.1 Å². The molecule has 0 amide bonds. The van der Waals surface area contributed by atoms with Gasteiger partial charge in [0, 0.05) is 29.0 Å². The second-order valence-electron chi connectivity index (χ2n) is 6.49. The van der Waals surface area contributed by atoms with E-state index in [0.717, 1.165) is 39.4 Å². The molecular formula is C22H21N3O. The third kappa shape index (κ3) is 3.40. The van der Waals surface area contributed by atoms with Crippen molar-refractivity contribution in [2.75, 3.05) is 5.32 Å². The van der Waals surface area contributed by atoms with E-state index in [4.69, 9.17) is 4.74 Å². The lowest BCUT2D eigenvalue weighted by atomic mass is 10.1. The lowest BCUT2D eigenvalue weighted by Gasteiger charge is -2.12. The molecule has 0 aliphatic carbocycles. The monoisotopic (exact) mass is 343 g/mol. The summed E-state index contributed by atoms with van der Waals surface area (Å²) in [6, 6.07) is 22.4. The third-order valence-electron chi connectivity index (χ3n) is 4.10. The minimum absolute atomic E-state index is 0.143. The van der Waals surface area contributed by atoms with Gasteiger partial charge >= 0.3 is 0 Å². The summed E-state index contributed by atoms with van der Waals surface area (Å²) in [6.07, 6.45) is 1.95. The average Bonchev–Trinajstić information content (AvgIpc) is 3.08. The highest BCUT2D eigenvalue weighted by molar-refractivity contribution is 5.95. The van der Waals surface area contributed by atoms with E-state index in [2.05, 4.69) is 33.5 Å². The molecule has 2 aromatic carbocycles. The average molecular weight is 343 g/mol. The first-order valence-electron chi connectivity index (χ1n) is 8.76. The summed E-state index contributed by atoms with van der Waals surface area (Å²) in [5.74, 6) is 1.67. The summed E-state index contributed by atoms with van der Waals surface area (Å²) >= 11 is 0. The van der Waals surface area contributed by atoms with Gasteiger partial charge in [0.1, 0.15) is 11.6 Å². The van der Waals surface area contributed by atoms with E-state index in [9.17, 15) is 0 Å². The molecule has 0 saturated heterocycles. The Labute approximate surface area is 152 Å². The first-order valence-corrected chi connectivity index (χ1v) is 8.76. The number of fused-ring (bicyclic) bond motifs is 1. The van der Waals surface area contributed by atoms with Crippen LogP contribution in [0.5, 0.6) is 5.75 Å². The van der Waals surface area contributed by atoms with Gasteiger partial charge in [-0.25, -0.2) is 4.98 Å². The molecule has 0 radical (unpaired) electrons. The minimum Gasteiger partial charge on any atom is -0.491 e. The van der Waals surface area contributed by atoms with E-state index in [-0.39, 0.29) is 6.10 Å². The Morgan fingerprint density at radius 1 is 0.962 bits per heavy atom. The molecule has 0 bridgehead atoms. The Bertz CT molecular complexity index is 1020. The van der Waals surface area contributed by atoms with Crippen LogP contribution in [-0.2, 0) is 0 Å². The van der Waals surface area contributed by atoms with Gasteiger partial charge in [0.15, 0.2) is 0 Å². The van der Waals surface area contributed by atoms with Crippen LogP contribution in [0.25, 0.3) is 22.2 Å². The van der Waals surface area contributed by atoms with Crippen LogP contribution in [0.4, 0.5) is 11.5 Å². The number of H-pyrrole nitrogens is 1. The number of ether oxygens (including phenoxy) is 1. The maximum atomic E-state index is 5.78. The quantitative estimate of drug-likeness (QED) is 0.484. The van der Waals surface area contributed by atoms with Crippen LogP contribution >= 0.6 is 0 Å². The Balaban J connectivity index is 1.68. The lowest BCUT2D eigenvalue weighted by Crippen LogP contribution is -2.05. The molecule has 4 heteroatoms. The lowest BCUT2D eigenvalue weighted by molar-refractivity contribution is 0.242. The number of aromatic amines is 1. The Hall–Kier alpha value is -3.27. The van der Waals surface area contributed by atoms with Crippen LogP contribution in [0, 0.1) is 0 Å². The highest BCUT2D eigenvalue weighted by Gasteiger charge is 2.09. The summed E-state index contributed by atoms with van der Waals surface area (Å²) in [6.45, 7) is 4.04. The van der Waals surface area contributed by atoms with Gasteiger partial charge < -0.3 is 15.0 Å². The predicted molar refractivity (Wildman–Crippen MR) is 107 cm³/mol. The number of pyridine rings is 1. The molecule has 2 heterocycles. The molecule has 0 atom stereocenters. The van der Waals surface area contributed by atoms with Crippen LogP contribution in [0.2, 0.25) is 0 Å². The zero-order valence-electron chi connectivity index (χ0n) is 14.9. The minimum atomic E-state index is 0.143. The van der Waals surface area contributed by atoms with Gasteiger partial charge in [-0.1, -0.05) is 36.4 Å². The Morgan fingerprint density at radius 2 is 1.81 bits per heavy atom. The van der Waals surface area contributed by atoms with Gasteiger partial charge in [0.05, 0.1) is 11.6 Å². The number of hydrogen-bond donors (Lipinski definition) is 2. The van der Waals surface area contributed by atoms with Gasteiger partial charge in [-0.05, 0) is 43.7 Å². The van der Waals surface area contributed by atoms with Gasteiger partial charge in [-0.15, -0.1) is 0 Å². The van der Waals surface area contributed by atoms with Crippen molar-refractivity contribution in [1.29, 1.82) is 0 Å². The fourth-order valence-corrected chi connectivity index (χ4v) is 2.98. The summed E-state index contributed by atoms with van der Waals surface area (Å²) in [5, 5.41) is 4.47.